The second-order valence-electron chi connectivity index (χ2n) is 3.59. The van der Waals surface area contributed by atoms with Crippen molar-refractivity contribution < 1.29 is 4.79 Å². The van der Waals surface area contributed by atoms with Gasteiger partial charge in [-0.1, -0.05) is 27.7 Å². The molecule has 3 heteroatoms. The van der Waals surface area contributed by atoms with E-state index in [0.717, 1.165) is 0 Å². The molecule has 0 aromatic rings. The minimum atomic E-state index is -0.188. The Hall–Kier alpha value is -0.0800. The van der Waals surface area contributed by atoms with Gasteiger partial charge in [-0.2, -0.15) is 0 Å². The third-order valence-corrected chi connectivity index (χ3v) is 1.91. The summed E-state index contributed by atoms with van der Waals surface area (Å²) in [7, 11) is 0. The van der Waals surface area contributed by atoms with Crippen LogP contribution in [0.25, 0.3) is 0 Å². The van der Waals surface area contributed by atoms with E-state index in [-0.39, 0.29) is 17.7 Å². The Balaban J connectivity index is 4.06. The first kappa shape index (κ1) is 11.9. The van der Waals surface area contributed by atoms with Crippen molar-refractivity contribution in [1.29, 1.82) is 0 Å². The predicted octanol–water partition coefficient (Wildman–Crippen LogP) is 1.82. The molecule has 0 aromatic carbocycles. The third kappa shape index (κ3) is 4.07. The van der Waals surface area contributed by atoms with E-state index >= 15 is 0 Å². The standard InChI is InChI=1S/C9H18ClNO/c1-6(2)9(12)8(5-10)11-7(3)4/h6-8,11H,5H2,1-4H3. The molecule has 2 nitrogen and oxygen atoms in total. The van der Waals surface area contributed by atoms with Gasteiger partial charge in [-0.05, 0) is 0 Å². The molecule has 0 aliphatic heterocycles. The quantitative estimate of drug-likeness (QED) is 0.672. The SMILES string of the molecule is CC(C)NC(CCl)C(=O)C(C)C. The van der Waals surface area contributed by atoms with Gasteiger partial charge >= 0.3 is 0 Å². The molecular weight excluding hydrogens is 174 g/mol. The fraction of sp³-hybridized carbons (Fsp3) is 0.889. The van der Waals surface area contributed by atoms with E-state index in [4.69, 9.17) is 11.6 Å². The van der Waals surface area contributed by atoms with Crippen molar-refractivity contribution in [1.82, 2.24) is 5.32 Å². The molecule has 0 saturated carbocycles. The van der Waals surface area contributed by atoms with Crippen LogP contribution in [0.5, 0.6) is 0 Å². The predicted molar refractivity (Wildman–Crippen MR) is 52.6 cm³/mol. The van der Waals surface area contributed by atoms with Crippen molar-refractivity contribution in [2.75, 3.05) is 5.88 Å². The summed E-state index contributed by atoms with van der Waals surface area (Å²) in [5, 5.41) is 3.13. The first-order chi connectivity index (χ1) is 5.49. The van der Waals surface area contributed by atoms with Crippen LogP contribution in [0.4, 0.5) is 0 Å². The Morgan fingerprint density at radius 2 is 1.83 bits per heavy atom. The molecule has 0 aromatic heterocycles. The lowest BCUT2D eigenvalue weighted by Crippen LogP contribution is -2.44. The number of rotatable bonds is 5. The second-order valence-corrected chi connectivity index (χ2v) is 3.89. The highest BCUT2D eigenvalue weighted by Gasteiger charge is 2.20. The van der Waals surface area contributed by atoms with Gasteiger partial charge < -0.3 is 5.32 Å². The highest BCUT2D eigenvalue weighted by molar-refractivity contribution is 6.20. The number of hydrogen-bond acceptors (Lipinski definition) is 2. The maximum atomic E-state index is 11.5. The summed E-state index contributed by atoms with van der Waals surface area (Å²) < 4.78 is 0. The topological polar surface area (TPSA) is 29.1 Å². The van der Waals surface area contributed by atoms with Crippen LogP contribution in [0.3, 0.4) is 0 Å². The summed E-state index contributed by atoms with van der Waals surface area (Å²) in [6.07, 6.45) is 0. The van der Waals surface area contributed by atoms with Gasteiger partial charge in [0.25, 0.3) is 0 Å². The summed E-state index contributed by atoms with van der Waals surface area (Å²) in [5.41, 5.74) is 0. The first-order valence-corrected chi connectivity index (χ1v) is 4.88. The zero-order valence-electron chi connectivity index (χ0n) is 8.23. The number of halogens is 1. The van der Waals surface area contributed by atoms with Crippen LogP contribution in [0.15, 0.2) is 0 Å². The minimum absolute atomic E-state index is 0.0556. The minimum Gasteiger partial charge on any atom is -0.304 e. The van der Waals surface area contributed by atoms with E-state index in [1.54, 1.807) is 0 Å². The number of Topliss-reactive ketones (excluding diaryl/α,β-unsaturated/α-hetero) is 1. The normalized spacial score (nSPS) is 13.9. The smallest absolute Gasteiger partial charge is 0.153 e. The third-order valence-electron chi connectivity index (χ3n) is 1.60. The van der Waals surface area contributed by atoms with Gasteiger partial charge in [0, 0.05) is 17.8 Å². The average molecular weight is 192 g/mol. The van der Waals surface area contributed by atoms with Crippen molar-refractivity contribution in [3.8, 4) is 0 Å². The van der Waals surface area contributed by atoms with E-state index in [1.165, 1.54) is 0 Å². The fourth-order valence-electron chi connectivity index (χ4n) is 1.01. The summed E-state index contributed by atoms with van der Waals surface area (Å²) in [6.45, 7) is 7.80. The Morgan fingerprint density at radius 1 is 1.33 bits per heavy atom. The lowest BCUT2D eigenvalue weighted by atomic mass is 10.0. The van der Waals surface area contributed by atoms with Crippen molar-refractivity contribution in [3.05, 3.63) is 0 Å². The second kappa shape index (κ2) is 5.55. The molecule has 0 bridgehead atoms. The Bertz CT molecular complexity index is 145. The fourth-order valence-corrected chi connectivity index (χ4v) is 1.25. The van der Waals surface area contributed by atoms with Crippen LogP contribution in [-0.2, 0) is 4.79 Å². The molecule has 0 radical (unpaired) electrons. The van der Waals surface area contributed by atoms with E-state index in [9.17, 15) is 4.79 Å². The number of ketones is 1. The lowest BCUT2D eigenvalue weighted by molar-refractivity contribution is -0.123. The van der Waals surface area contributed by atoms with Crippen LogP contribution in [0.1, 0.15) is 27.7 Å². The highest BCUT2D eigenvalue weighted by atomic mass is 35.5. The lowest BCUT2D eigenvalue weighted by Gasteiger charge is -2.19. The molecule has 1 unspecified atom stereocenters. The van der Waals surface area contributed by atoms with Gasteiger partial charge in [-0.25, -0.2) is 0 Å². The molecule has 12 heavy (non-hydrogen) atoms. The van der Waals surface area contributed by atoms with Crippen LogP contribution in [0, 0.1) is 5.92 Å². The molecule has 0 fully saturated rings. The number of nitrogens with one attached hydrogen (secondary N) is 1. The van der Waals surface area contributed by atoms with E-state index in [0.29, 0.717) is 11.9 Å². The first-order valence-electron chi connectivity index (χ1n) is 4.34. The van der Waals surface area contributed by atoms with Crippen LogP contribution >= 0.6 is 11.6 Å². The van der Waals surface area contributed by atoms with Gasteiger partial charge in [0.05, 0.1) is 6.04 Å². The van der Waals surface area contributed by atoms with E-state index in [1.807, 2.05) is 27.7 Å². The van der Waals surface area contributed by atoms with Gasteiger partial charge in [0.2, 0.25) is 0 Å². The van der Waals surface area contributed by atoms with Crippen LogP contribution in [-0.4, -0.2) is 23.7 Å². The number of hydrogen-bond donors (Lipinski definition) is 1. The Morgan fingerprint density at radius 3 is 2.08 bits per heavy atom. The Kier molecular flexibility index (Phi) is 5.51. The summed E-state index contributed by atoms with van der Waals surface area (Å²) >= 11 is 5.67. The van der Waals surface area contributed by atoms with Crippen LogP contribution < -0.4 is 5.32 Å². The van der Waals surface area contributed by atoms with Gasteiger partial charge in [-0.15, -0.1) is 11.6 Å². The molecular formula is C9H18ClNO. The van der Waals surface area contributed by atoms with Gasteiger partial charge in [0.1, 0.15) is 0 Å². The largest absolute Gasteiger partial charge is 0.304 e. The molecule has 1 N–H and O–H groups in total. The molecule has 1 atom stereocenters. The van der Waals surface area contributed by atoms with E-state index in [2.05, 4.69) is 5.32 Å². The van der Waals surface area contributed by atoms with Crippen molar-refractivity contribution in [3.63, 3.8) is 0 Å². The number of alkyl halides is 1. The van der Waals surface area contributed by atoms with Gasteiger partial charge in [0.15, 0.2) is 5.78 Å². The van der Waals surface area contributed by atoms with Crippen molar-refractivity contribution >= 4 is 17.4 Å². The van der Waals surface area contributed by atoms with Crippen molar-refractivity contribution in [2.24, 2.45) is 5.92 Å². The van der Waals surface area contributed by atoms with Gasteiger partial charge in [-0.3, -0.25) is 4.79 Å². The summed E-state index contributed by atoms with van der Waals surface area (Å²) in [4.78, 5) is 11.5. The maximum absolute atomic E-state index is 11.5. The zero-order chi connectivity index (χ0) is 9.72. The molecule has 0 spiro atoms. The van der Waals surface area contributed by atoms with Crippen LogP contribution in [0.2, 0.25) is 0 Å². The number of carbonyl (C=O) groups is 1. The molecule has 0 rings (SSSR count). The monoisotopic (exact) mass is 191 g/mol. The highest BCUT2D eigenvalue weighted by Crippen LogP contribution is 2.02. The molecule has 0 amide bonds. The van der Waals surface area contributed by atoms with E-state index < -0.39 is 0 Å². The average Bonchev–Trinajstić information content (AvgIpc) is 1.98. The number of carbonyl (C=O) groups excluding carboxylic acids is 1. The maximum Gasteiger partial charge on any atom is 0.153 e. The molecule has 72 valence electrons. The molecule has 0 saturated heterocycles. The summed E-state index contributed by atoms with van der Waals surface area (Å²) in [5.74, 6) is 0.605. The molecule has 0 aliphatic carbocycles. The van der Waals surface area contributed by atoms with Crippen molar-refractivity contribution in [2.45, 2.75) is 39.8 Å². The molecule has 0 heterocycles. The molecule has 0 aliphatic rings. The summed E-state index contributed by atoms with van der Waals surface area (Å²) in [6, 6.07) is 0.114. The Labute approximate surface area is 79.7 Å². The zero-order valence-corrected chi connectivity index (χ0v) is 8.98.